The molecule has 2 rings (SSSR count). The molecule has 5 nitrogen and oxygen atoms in total. The van der Waals surface area contributed by atoms with Crippen molar-refractivity contribution in [3.8, 4) is 0 Å². The second-order valence-electron chi connectivity index (χ2n) is 4.61. The molecule has 2 saturated heterocycles. The number of carboxylic acid groups (broad SMARTS) is 1. The molecule has 2 fully saturated rings. The van der Waals surface area contributed by atoms with Gasteiger partial charge < -0.3 is 15.1 Å². The van der Waals surface area contributed by atoms with Crippen LogP contribution in [0.2, 0.25) is 0 Å². The van der Waals surface area contributed by atoms with E-state index in [2.05, 4.69) is 0 Å². The fourth-order valence-electron chi connectivity index (χ4n) is 2.67. The van der Waals surface area contributed by atoms with E-state index in [9.17, 15) is 14.7 Å². The van der Waals surface area contributed by atoms with Crippen LogP contribution >= 0.6 is 0 Å². The van der Waals surface area contributed by atoms with E-state index < -0.39 is 17.6 Å². The Hall–Kier alpha value is -1.10. The summed E-state index contributed by atoms with van der Waals surface area (Å²) in [6.07, 6.45) is 1.70. The van der Waals surface area contributed by atoms with E-state index in [4.69, 9.17) is 5.11 Å². The summed E-state index contributed by atoms with van der Waals surface area (Å²) in [5.41, 5.74) is -0.932. The van der Waals surface area contributed by atoms with Crippen molar-refractivity contribution in [2.45, 2.75) is 50.3 Å². The van der Waals surface area contributed by atoms with E-state index >= 15 is 0 Å². The Morgan fingerprint density at radius 2 is 2.20 bits per heavy atom. The molecule has 84 valence electrons. The molecule has 0 saturated carbocycles. The van der Waals surface area contributed by atoms with Crippen LogP contribution in [0.25, 0.3) is 0 Å². The van der Waals surface area contributed by atoms with Gasteiger partial charge in [0.05, 0.1) is 11.6 Å². The number of carbonyl (C=O) groups excluding carboxylic acids is 1. The number of nitrogens with zero attached hydrogens (tertiary/aromatic N) is 1. The van der Waals surface area contributed by atoms with E-state index in [1.165, 1.54) is 4.90 Å². The third-order valence-corrected chi connectivity index (χ3v) is 3.52. The quantitative estimate of drug-likeness (QED) is 0.641. The van der Waals surface area contributed by atoms with E-state index in [-0.39, 0.29) is 18.4 Å². The van der Waals surface area contributed by atoms with Gasteiger partial charge in [-0.2, -0.15) is 0 Å². The van der Waals surface area contributed by atoms with Crippen LogP contribution in [0.1, 0.15) is 32.6 Å². The zero-order valence-electron chi connectivity index (χ0n) is 8.64. The maximum Gasteiger partial charge on any atom is 0.326 e. The van der Waals surface area contributed by atoms with Crippen LogP contribution < -0.4 is 0 Å². The molecular formula is C10H15NO4. The summed E-state index contributed by atoms with van der Waals surface area (Å²) in [4.78, 5) is 23.9. The third kappa shape index (κ3) is 1.51. The zero-order chi connectivity index (χ0) is 11.2. The molecule has 1 amide bonds. The van der Waals surface area contributed by atoms with Gasteiger partial charge in [-0.3, -0.25) is 4.79 Å². The molecule has 2 heterocycles. The minimum Gasteiger partial charge on any atom is -0.480 e. The Balaban J connectivity index is 2.28. The fraction of sp³-hybridized carbons (Fsp3) is 0.800. The standard InChI is InChI=1S/C10H15NO4/c1-10(15)5-4-8(12)11-6(9(13)14)2-3-7(10)11/h6-7,15H,2-5H2,1H3,(H,13,14). The van der Waals surface area contributed by atoms with Gasteiger partial charge in [0, 0.05) is 6.42 Å². The first-order valence-corrected chi connectivity index (χ1v) is 5.20. The Kier molecular flexibility index (Phi) is 2.22. The SMILES string of the molecule is CC1(O)CCC(=O)N2C(C(=O)O)CCC21. The van der Waals surface area contributed by atoms with Gasteiger partial charge in [-0.15, -0.1) is 0 Å². The fourth-order valence-corrected chi connectivity index (χ4v) is 2.67. The number of carbonyl (C=O) groups is 2. The molecular weight excluding hydrogens is 198 g/mol. The number of aliphatic hydroxyl groups is 1. The maximum atomic E-state index is 11.6. The minimum absolute atomic E-state index is 0.142. The summed E-state index contributed by atoms with van der Waals surface area (Å²) in [6.45, 7) is 1.68. The molecule has 0 radical (unpaired) electrons. The molecule has 0 spiro atoms. The van der Waals surface area contributed by atoms with Crippen LogP contribution in [0.4, 0.5) is 0 Å². The highest BCUT2D eigenvalue weighted by atomic mass is 16.4. The number of hydrogen-bond acceptors (Lipinski definition) is 3. The summed E-state index contributed by atoms with van der Waals surface area (Å²) in [7, 11) is 0. The lowest BCUT2D eigenvalue weighted by Gasteiger charge is -2.42. The number of amides is 1. The van der Waals surface area contributed by atoms with Gasteiger partial charge in [0.1, 0.15) is 6.04 Å². The first-order valence-electron chi connectivity index (χ1n) is 5.20. The smallest absolute Gasteiger partial charge is 0.326 e. The van der Waals surface area contributed by atoms with Crippen molar-refractivity contribution in [3.05, 3.63) is 0 Å². The Bertz CT molecular complexity index is 313. The van der Waals surface area contributed by atoms with E-state index in [0.717, 1.165) is 0 Å². The molecule has 0 aromatic rings. The molecule has 0 aromatic carbocycles. The third-order valence-electron chi connectivity index (χ3n) is 3.52. The van der Waals surface area contributed by atoms with Crippen LogP contribution in [0, 0.1) is 0 Å². The Morgan fingerprint density at radius 3 is 2.80 bits per heavy atom. The summed E-state index contributed by atoms with van der Waals surface area (Å²) in [5.74, 6) is -1.11. The molecule has 15 heavy (non-hydrogen) atoms. The molecule has 0 aromatic heterocycles. The van der Waals surface area contributed by atoms with Gasteiger partial charge >= 0.3 is 5.97 Å². The molecule has 0 aliphatic carbocycles. The summed E-state index contributed by atoms with van der Waals surface area (Å²) in [6, 6.07) is -1.06. The van der Waals surface area contributed by atoms with E-state index in [1.54, 1.807) is 6.92 Å². The number of piperidine rings is 1. The Labute approximate surface area is 87.7 Å². The highest BCUT2D eigenvalue weighted by Crippen LogP contribution is 2.38. The number of carboxylic acids is 1. The van der Waals surface area contributed by atoms with Gasteiger partial charge in [0.25, 0.3) is 0 Å². The average Bonchev–Trinajstić information content (AvgIpc) is 2.57. The summed E-state index contributed by atoms with van der Waals surface area (Å²) >= 11 is 0. The second kappa shape index (κ2) is 3.20. The van der Waals surface area contributed by atoms with Crippen LogP contribution in [-0.2, 0) is 9.59 Å². The largest absolute Gasteiger partial charge is 0.480 e. The van der Waals surface area contributed by atoms with Crippen LogP contribution in [0.5, 0.6) is 0 Å². The van der Waals surface area contributed by atoms with Crippen LogP contribution in [-0.4, -0.2) is 44.7 Å². The Morgan fingerprint density at radius 1 is 1.53 bits per heavy atom. The van der Waals surface area contributed by atoms with Gasteiger partial charge in [-0.25, -0.2) is 4.79 Å². The molecule has 0 bridgehead atoms. The van der Waals surface area contributed by atoms with Crippen molar-refractivity contribution in [1.82, 2.24) is 4.90 Å². The van der Waals surface area contributed by atoms with Crippen LogP contribution in [0.15, 0.2) is 0 Å². The number of aliphatic carboxylic acids is 1. The van der Waals surface area contributed by atoms with Crippen molar-refractivity contribution in [2.24, 2.45) is 0 Å². The number of hydrogen-bond donors (Lipinski definition) is 2. The highest BCUT2D eigenvalue weighted by molar-refractivity contribution is 5.85. The van der Waals surface area contributed by atoms with Crippen molar-refractivity contribution >= 4 is 11.9 Å². The van der Waals surface area contributed by atoms with Gasteiger partial charge in [0.2, 0.25) is 5.91 Å². The second-order valence-corrected chi connectivity index (χ2v) is 4.61. The predicted molar refractivity (Wildman–Crippen MR) is 51.1 cm³/mol. The monoisotopic (exact) mass is 213 g/mol. The molecule has 3 atom stereocenters. The van der Waals surface area contributed by atoms with Crippen molar-refractivity contribution in [3.63, 3.8) is 0 Å². The zero-order valence-corrected chi connectivity index (χ0v) is 8.64. The van der Waals surface area contributed by atoms with Crippen molar-refractivity contribution in [1.29, 1.82) is 0 Å². The van der Waals surface area contributed by atoms with Crippen molar-refractivity contribution in [2.75, 3.05) is 0 Å². The van der Waals surface area contributed by atoms with E-state index in [1.807, 2.05) is 0 Å². The lowest BCUT2D eigenvalue weighted by atomic mass is 9.86. The predicted octanol–water partition coefficient (Wildman–Crippen LogP) is -0.0246. The molecule has 2 aliphatic rings. The lowest BCUT2D eigenvalue weighted by Crippen LogP contribution is -2.57. The first kappa shape index (κ1) is 10.4. The summed E-state index contributed by atoms with van der Waals surface area (Å²) in [5, 5.41) is 19.0. The lowest BCUT2D eigenvalue weighted by molar-refractivity contribution is -0.159. The molecule has 5 heteroatoms. The number of rotatable bonds is 1. The topological polar surface area (TPSA) is 77.8 Å². The van der Waals surface area contributed by atoms with E-state index in [0.29, 0.717) is 19.3 Å². The number of fused-ring (bicyclic) bond motifs is 1. The van der Waals surface area contributed by atoms with Crippen LogP contribution in [0.3, 0.4) is 0 Å². The molecule has 2 aliphatic heterocycles. The molecule has 2 N–H and O–H groups in total. The van der Waals surface area contributed by atoms with Gasteiger partial charge in [-0.1, -0.05) is 0 Å². The van der Waals surface area contributed by atoms with Gasteiger partial charge in [0.15, 0.2) is 0 Å². The van der Waals surface area contributed by atoms with Gasteiger partial charge in [-0.05, 0) is 26.2 Å². The summed E-state index contributed by atoms with van der Waals surface area (Å²) < 4.78 is 0. The minimum atomic E-state index is -0.969. The normalized spacial score (nSPS) is 40.4. The average molecular weight is 213 g/mol. The maximum absolute atomic E-state index is 11.6. The first-order chi connectivity index (χ1) is 6.93. The highest BCUT2D eigenvalue weighted by Gasteiger charge is 2.51. The molecule has 3 unspecified atom stereocenters. The van der Waals surface area contributed by atoms with Crippen molar-refractivity contribution < 1.29 is 19.8 Å².